The van der Waals surface area contributed by atoms with Crippen molar-refractivity contribution < 1.29 is 0 Å². The van der Waals surface area contributed by atoms with E-state index in [0.29, 0.717) is 5.92 Å². The number of aromatic nitrogens is 3. The van der Waals surface area contributed by atoms with Crippen LogP contribution in [-0.4, -0.2) is 14.4 Å². The quantitative estimate of drug-likeness (QED) is 0.326. The maximum absolute atomic E-state index is 5.31. The lowest BCUT2D eigenvalue weighted by atomic mass is 9.82. The van der Waals surface area contributed by atoms with Crippen molar-refractivity contribution >= 4 is 27.6 Å². The fourth-order valence-electron chi connectivity index (χ4n) is 6.11. The topological polar surface area (TPSA) is 30.2 Å². The van der Waals surface area contributed by atoms with Crippen LogP contribution in [0, 0.1) is 0 Å². The summed E-state index contributed by atoms with van der Waals surface area (Å²) in [5.74, 6) is 1.55. The van der Waals surface area contributed by atoms with Gasteiger partial charge in [-0.2, -0.15) is 0 Å². The van der Waals surface area contributed by atoms with Gasteiger partial charge in [0.2, 0.25) is 0 Å². The Labute approximate surface area is 192 Å². The number of hydrogen-bond acceptors (Lipinski definition) is 2. The standard InChI is InChI=1S/C29H37N3/c1-10-17(2)18-12-11-13-21-24(18)25-30-22-14-19-20(29(8,9)16-28(19,6)7)15-23(22)32(25)26(31-21)27(3,4)5/h11-15,17H,10,16H2,1-9H3. The summed E-state index contributed by atoms with van der Waals surface area (Å²) in [6.45, 7) is 20.9. The number of fused-ring (bicyclic) bond motifs is 6. The second-order valence-electron chi connectivity index (χ2n) is 12.3. The third kappa shape index (κ3) is 2.93. The van der Waals surface area contributed by atoms with Crippen molar-refractivity contribution in [2.45, 2.75) is 97.3 Å². The van der Waals surface area contributed by atoms with Crippen LogP contribution in [-0.2, 0) is 16.2 Å². The Morgan fingerprint density at radius 3 is 2.25 bits per heavy atom. The third-order valence-corrected chi connectivity index (χ3v) is 7.69. The molecule has 0 N–H and O–H groups in total. The minimum Gasteiger partial charge on any atom is -0.279 e. The minimum atomic E-state index is -0.0970. The molecule has 0 fully saturated rings. The van der Waals surface area contributed by atoms with Crippen LogP contribution in [0.1, 0.15) is 104 Å². The highest BCUT2D eigenvalue weighted by atomic mass is 15.1. The normalized spacial score (nSPS) is 18.5. The molecule has 1 aliphatic carbocycles. The van der Waals surface area contributed by atoms with Crippen molar-refractivity contribution in [1.29, 1.82) is 0 Å². The molecule has 0 saturated heterocycles. The van der Waals surface area contributed by atoms with Crippen LogP contribution in [0.4, 0.5) is 0 Å². The number of benzene rings is 2. The van der Waals surface area contributed by atoms with Gasteiger partial charge in [0, 0.05) is 10.8 Å². The highest BCUT2D eigenvalue weighted by molar-refractivity contribution is 5.99. The zero-order chi connectivity index (χ0) is 23.2. The van der Waals surface area contributed by atoms with Crippen molar-refractivity contribution in [2.75, 3.05) is 0 Å². The average Bonchev–Trinajstić information content (AvgIpc) is 3.16. The monoisotopic (exact) mass is 427 g/mol. The first-order valence-electron chi connectivity index (χ1n) is 12.2. The predicted molar refractivity (Wildman–Crippen MR) is 136 cm³/mol. The van der Waals surface area contributed by atoms with E-state index >= 15 is 0 Å². The van der Waals surface area contributed by atoms with E-state index < -0.39 is 0 Å². The molecule has 1 unspecified atom stereocenters. The van der Waals surface area contributed by atoms with E-state index in [1.807, 2.05) is 0 Å². The lowest BCUT2D eigenvalue weighted by Gasteiger charge is -2.23. The molecule has 2 aromatic carbocycles. The van der Waals surface area contributed by atoms with Gasteiger partial charge in [0.25, 0.3) is 0 Å². The fraction of sp³-hybridized carbons (Fsp3) is 0.517. The van der Waals surface area contributed by atoms with Crippen LogP contribution in [0.3, 0.4) is 0 Å². The molecule has 2 aromatic heterocycles. The van der Waals surface area contributed by atoms with Gasteiger partial charge in [-0.05, 0) is 64.5 Å². The van der Waals surface area contributed by atoms with Gasteiger partial charge in [0.15, 0.2) is 0 Å². The van der Waals surface area contributed by atoms with E-state index in [0.717, 1.165) is 35.3 Å². The summed E-state index contributed by atoms with van der Waals surface area (Å²) in [7, 11) is 0. The maximum atomic E-state index is 5.31. The van der Waals surface area contributed by atoms with E-state index in [1.165, 1.54) is 27.6 Å². The van der Waals surface area contributed by atoms with Crippen molar-refractivity contribution in [3.05, 3.63) is 52.8 Å². The highest BCUT2D eigenvalue weighted by Gasteiger charge is 2.42. The van der Waals surface area contributed by atoms with Gasteiger partial charge in [0.05, 0.1) is 16.6 Å². The van der Waals surface area contributed by atoms with Gasteiger partial charge in [0.1, 0.15) is 11.5 Å². The molecule has 5 rings (SSSR count). The second kappa shape index (κ2) is 6.56. The molecule has 1 atom stereocenters. The van der Waals surface area contributed by atoms with Crippen molar-refractivity contribution in [1.82, 2.24) is 14.4 Å². The van der Waals surface area contributed by atoms with E-state index in [-0.39, 0.29) is 16.2 Å². The Kier molecular flexibility index (Phi) is 4.39. The Morgan fingerprint density at radius 1 is 0.969 bits per heavy atom. The summed E-state index contributed by atoms with van der Waals surface area (Å²) in [4.78, 5) is 10.6. The molecular formula is C29H37N3. The van der Waals surface area contributed by atoms with Gasteiger partial charge in [-0.25, -0.2) is 9.97 Å². The van der Waals surface area contributed by atoms with E-state index in [2.05, 4.69) is 97.0 Å². The van der Waals surface area contributed by atoms with E-state index in [4.69, 9.17) is 9.97 Å². The summed E-state index contributed by atoms with van der Waals surface area (Å²) < 4.78 is 2.37. The van der Waals surface area contributed by atoms with Gasteiger partial charge >= 0.3 is 0 Å². The number of imidazole rings is 1. The summed E-state index contributed by atoms with van der Waals surface area (Å²) in [6, 6.07) is 11.4. The molecule has 1 aliphatic rings. The van der Waals surface area contributed by atoms with Crippen molar-refractivity contribution in [3.8, 4) is 0 Å². The molecule has 0 spiro atoms. The Morgan fingerprint density at radius 2 is 1.62 bits per heavy atom. The lowest BCUT2D eigenvalue weighted by Crippen LogP contribution is -2.19. The molecule has 0 radical (unpaired) electrons. The van der Waals surface area contributed by atoms with Gasteiger partial charge in [-0.1, -0.05) is 74.4 Å². The smallest absolute Gasteiger partial charge is 0.149 e. The van der Waals surface area contributed by atoms with E-state index in [1.54, 1.807) is 0 Å². The van der Waals surface area contributed by atoms with Crippen LogP contribution < -0.4 is 0 Å². The highest BCUT2D eigenvalue weighted by Crippen LogP contribution is 2.50. The first kappa shape index (κ1) is 21.4. The van der Waals surface area contributed by atoms with Crippen LogP contribution in [0.15, 0.2) is 30.3 Å². The van der Waals surface area contributed by atoms with Crippen LogP contribution in [0.25, 0.3) is 27.6 Å². The summed E-state index contributed by atoms with van der Waals surface area (Å²) in [6.07, 6.45) is 2.26. The number of hydrogen-bond donors (Lipinski definition) is 0. The van der Waals surface area contributed by atoms with E-state index in [9.17, 15) is 0 Å². The van der Waals surface area contributed by atoms with Gasteiger partial charge < -0.3 is 0 Å². The summed E-state index contributed by atoms with van der Waals surface area (Å²) >= 11 is 0. The Hall–Kier alpha value is -2.42. The second-order valence-corrected chi connectivity index (χ2v) is 12.3. The van der Waals surface area contributed by atoms with Crippen molar-refractivity contribution in [3.63, 3.8) is 0 Å². The minimum absolute atomic E-state index is 0.0970. The molecule has 3 nitrogen and oxygen atoms in total. The first-order chi connectivity index (χ1) is 14.8. The zero-order valence-corrected chi connectivity index (χ0v) is 21.2. The molecule has 0 saturated carbocycles. The molecule has 0 aliphatic heterocycles. The average molecular weight is 428 g/mol. The Bertz CT molecular complexity index is 1380. The van der Waals surface area contributed by atoms with Crippen LogP contribution >= 0.6 is 0 Å². The Balaban J connectivity index is 2.00. The molecule has 32 heavy (non-hydrogen) atoms. The maximum Gasteiger partial charge on any atom is 0.149 e. The summed E-state index contributed by atoms with van der Waals surface area (Å²) in [5, 5.41) is 1.21. The van der Waals surface area contributed by atoms with Gasteiger partial charge in [-0.15, -0.1) is 0 Å². The van der Waals surface area contributed by atoms with Crippen LogP contribution in [0.5, 0.6) is 0 Å². The zero-order valence-electron chi connectivity index (χ0n) is 21.2. The predicted octanol–water partition coefficient (Wildman–Crippen LogP) is 7.81. The molecule has 168 valence electrons. The molecular weight excluding hydrogens is 390 g/mol. The van der Waals surface area contributed by atoms with Crippen molar-refractivity contribution in [2.24, 2.45) is 0 Å². The third-order valence-electron chi connectivity index (χ3n) is 7.69. The molecule has 2 heterocycles. The number of nitrogens with zero attached hydrogens (tertiary/aromatic N) is 3. The summed E-state index contributed by atoms with van der Waals surface area (Å²) in [5.41, 5.74) is 8.90. The first-order valence-corrected chi connectivity index (χ1v) is 12.2. The lowest BCUT2D eigenvalue weighted by molar-refractivity contribution is 0.403. The molecule has 0 bridgehead atoms. The molecule has 3 heteroatoms. The fourth-order valence-corrected chi connectivity index (χ4v) is 6.11. The largest absolute Gasteiger partial charge is 0.279 e. The van der Waals surface area contributed by atoms with Crippen LogP contribution in [0.2, 0.25) is 0 Å². The van der Waals surface area contributed by atoms with Gasteiger partial charge in [-0.3, -0.25) is 4.40 Å². The number of rotatable bonds is 2. The molecule has 0 amide bonds. The molecule has 4 aromatic rings. The SMILES string of the molecule is CCC(C)c1cccc2nc(C(C)(C)C)n3c4cc5c(cc4nc3c12)C(C)(C)CC5(C)C.